The van der Waals surface area contributed by atoms with E-state index in [-0.39, 0.29) is 26.5 Å². The number of halogens is 2. The number of anilines is 1. The molecule has 1 aromatic heterocycles. The van der Waals surface area contributed by atoms with Gasteiger partial charge < -0.3 is 4.74 Å². The first-order valence-electron chi connectivity index (χ1n) is 5.83. The van der Waals surface area contributed by atoms with Gasteiger partial charge in [-0.05, 0) is 30.7 Å². The van der Waals surface area contributed by atoms with Crippen LogP contribution in [0.15, 0.2) is 35.4 Å². The maximum absolute atomic E-state index is 12.5. The number of rotatable bonds is 4. The van der Waals surface area contributed by atoms with Crippen molar-refractivity contribution in [2.24, 2.45) is 0 Å². The Bertz CT molecular complexity index is 779. The van der Waals surface area contributed by atoms with E-state index in [1.807, 2.05) is 0 Å². The summed E-state index contributed by atoms with van der Waals surface area (Å²) in [5.41, 5.74) is 0.695. The molecule has 0 atom stereocenters. The number of nitrogens with one attached hydrogen (secondary N) is 1. The summed E-state index contributed by atoms with van der Waals surface area (Å²) in [5, 5.41) is 0.251. The maximum atomic E-state index is 12.5. The molecular formula is C13H12Cl2N2O3S. The summed E-state index contributed by atoms with van der Waals surface area (Å²) in [6.45, 7) is 1.75. The number of sulfonamides is 1. The minimum Gasteiger partial charge on any atom is -0.494 e. The smallest absolute Gasteiger partial charge is 0.266 e. The summed E-state index contributed by atoms with van der Waals surface area (Å²) in [7, 11) is -2.58. The third-order valence-electron chi connectivity index (χ3n) is 2.75. The van der Waals surface area contributed by atoms with Crippen LogP contribution in [0.3, 0.4) is 0 Å². The van der Waals surface area contributed by atoms with Crippen molar-refractivity contribution in [2.45, 2.75) is 11.8 Å². The van der Waals surface area contributed by atoms with Gasteiger partial charge in [-0.1, -0.05) is 29.3 Å². The van der Waals surface area contributed by atoms with E-state index < -0.39 is 10.0 Å². The second-order valence-electron chi connectivity index (χ2n) is 4.17. The Kier molecular flexibility index (Phi) is 4.61. The van der Waals surface area contributed by atoms with Gasteiger partial charge in [0, 0.05) is 6.20 Å². The van der Waals surface area contributed by atoms with E-state index in [4.69, 9.17) is 27.9 Å². The summed E-state index contributed by atoms with van der Waals surface area (Å²) in [4.78, 5) is 3.89. The van der Waals surface area contributed by atoms with Crippen molar-refractivity contribution in [2.75, 3.05) is 11.8 Å². The van der Waals surface area contributed by atoms with Gasteiger partial charge in [0.1, 0.15) is 15.7 Å². The number of aryl methyl sites for hydroxylation is 1. The first kappa shape index (κ1) is 15.9. The quantitative estimate of drug-likeness (QED) is 0.919. The Labute approximate surface area is 132 Å². The van der Waals surface area contributed by atoms with E-state index in [1.165, 1.54) is 25.4 Å². The molecule has 112 valence electrons. The zero-order valence-corrected chi connectivity index (χ0v) is 13.6. The Morgan fingerprint density at radius 1 is 1.24 bits per heavy atom. The first-order valence-corrected chi connectivity index (χ1v) is 8.07. The molecule has 0 bridgehead atoms. The van der Waals surface area contributed by atoms with Crippen molar-refractivity contribution < 1.29 is 13.2 Å². The van der Waals surface area contributed by atoms with Crippen LogP contribution in [0.2, 0.25) is 10.0 Å². The van der Waals surface area contributed by atoms with Crippen molar-refractivity contribution in [1.82, 2.24) is 4.98 Å². The number of pyridine rings is 1. The van der Waals surface area contributed by atoms with Gasteiger partial charge in [0.25, 0.3) is 10.0 Å². The summed E-state index contributed by atoms with van der Waals surface area (Å²) < 4.78 is 32.4. The highest BCUT2D eigenvalue weighted by atomic mass is 35.5. The van der Waals surface area contributed by atoms with Gasteiger partial charge >= 0.3 is 0 Å². The largest absolute Gasteiger partial charge is 0.494 e. The lowest BCUT2D eigenvalue weighted by atomic mass is 10.3. The fraction of sp³-hybridized carbons (Fsp3) is 0.154. The molecular weight excluding hydrogens is 335 g/mol. The van der Waals surface area contributed by atoms with Crippen LogP contribution in [0.4, 0.5) is 5.82 Å². The first-order chi connectivity index (χ1) is 9.86. The number of methoxy groups -OCH3 is 1. The van der Waals surface area contributed by atoms with E-state index in [0.29, 0.717) is 5.56 Å². The van der Waals surface area contributed by atoms with Crippen LogP contribution in [0, 0.1) is 6.92 Å². The molecule has 1 aromatic carbocycles. The maximum Gasteiger partial charge on any atom is 0.266 e. The second-order valence-corrected chi connectivity index (χ2v) is 6.60. The van der Waals surface area contributed by atoms with Gasteiger partial charge in [-0.2, -0.15) is 0 Å². The predicted molar refractivity (Wildman–Crippen MR) is 82.8 cm³/mol. The molecule has 5 nitrogen and oxygen atoms in total. The molecule has 0 aliphatic rings. The van der Waals surface area contributed by atoms with Crippen LogP contribution < -0.4 is 9.46 Å². The van der Waals surface area contributed by atoms with Crippen molar-refractivity contribution in [3.8, 4) is 5.75 Å². The molecule has 0 saturated carbocycles. The van der Waals surface area contributed by atoms with Gasteiger partial charge in [-0.3, -0.25) is 4.72 Å². The van der Waals surface area contributed by atoms with Crippen LogP contribution in [0.1, 0.15) is 5.56 Å². The molecule has 0 amide bonds. The molecule has 0 radical (unpaired) electrons. The molecule has 21 heavy (non-hydrogen) atoms. The van der Waals surface area contributed by atoms with Crippen molar-refractivity contribution in [1.29, 1.82) is 0 Å². The number of hydrogen-bond donors (Lipinski definition) is 1. The molecule has 1 N–H and O–H groups in total. The lowest BCUT2D eigenvalue weighted by Crippen LogP contribution is -2.16. The molecule has 0 aliphatic heterocycles. The minimum atomic E-state index is -3.90. The third kappa shape index (κ3) is 3.23. The molecule has 2 rings (SSSR count). The van der Waals surface area contributed by atoms with Crippen molar-refractivity contribution in [3.05, 3.63) is 46.1 Å². The monoisotopic (exact) mass is 346 g/mol. The average molecular weight is 347 g/mol. The lowest BCUT2D eigenvalue weighted by molar-refractivity contribution is 0.403. The van der Waals surface area contributed by atoms with E-state index in [1.54, 1.807) is 19.1 Å². The van der Waals surface area contributed by atoms with Gasteiger partial charge in [-0.15, -0.1) is 0 Å². The Morgan fingerprint density at radius 3 is 2.57 bits per heavy atom. The van der Waals surface area contributed by atoms with Gasteiger partial charge in [0.05, 0.1) is 12.1 Å². The normalized spacial score (nSPS) is 11.2. The van der Waals surface area contributed by atoms with E-state index in [2.05, 4.69) is 9.71 Å². The zero-order valence-electron chi connectivity index (χ0n) is 11.2. The van der Waals surface area contributed by atoms with Gasteiger partial charge in [0.15, 0.2) is 5.75 Å². The van der Waals surface area contributed by atoms with Crippen molar-refractivity contribution >= 4 is 39.0 Å². The predicted octanol–water partition coefficient (Wildman–Crippen LogP) is 3.51. The van der Waals surface area contributed by atoms with Gasteiger partial charge in [-0.25, -0.2) is 13.4 Å². The highest BCUT2D eigenvalue weighted by Crippen LogP contribution is 2.37. The lowest BCUT2D eigenvalue weighted by Gasteiger charge is -2.13. The second kappa shape index (κ2) is 6.09. The van der Waals surface area contributed by atoms with Crippen molar-refractivity contribution in [3.63, 3.8) is 0 Å². The molecule has 0 aliphatic carbocycles. The van der Waals surface area contributed by atoms with Gasteiger partial charge in [0.2, 0.25) is 0 Å². The van der Waals surface area contributed by atoms with E-state index in [9.17, 15) is 8.42 Å². The topological polar surface area (TPSA) is 68.3 Å². The Morgan fingerprint density at radius 2 is 1.95 bits per heavy atom. The minimum absolute atomic E-state index is 0.00903. The van der Waals surface area contributed by atoms with Crippen LogP contribution in [-0.2, 0) is 10.0 Å². The zero-order chi connectivity index (χ0) is 15.6. The van der Waals surface area contributed by atoms with Crippen LogP contribution >= 0.6 is 23.2 Å². The molecule has 1 heterocycles. The van der Waals surface area contributed by atoms with E-state index in [0.717, 1.165) is 0 Å². The molecule has 0 fully saturated rings. The standard InChI is InChI=1S/C13H12Cl2N2O3S/c1-8-4-3-7-16-13(8)17-21(18,19)10-6-5-9(14)11(15)12(10)20-2/h3-7H,1-2H3,(H,16,17). The SMILES string of the molecule is COc1c(S(=O)(=O)Nc2ncccc2C)ccc(Cl)c1Cl. The summed E-state index contributed by atoms with van der Waals surface area (Å²) in [6.07, 6.45) is 1.50. The highest BCUT2D eigenvalue weighted by Gasteiger charge is 2.24. The Balaban J connectivity index is 2.51. The van der Waals surface area contributed by atoms with Crippen LogP contribution in [-0.4, -0.2) is 20.5 Å². The molecule has 0 saturated heterocycles. The summed E-state index contributed by atoms with van der Waals surface area (Å²) in [5.74, 6) is 0.232. The average Bonchev–Trinajstić information content (AvgIpc) is 2.43. The van der Waals surface area contributed by atoms with Crippen LogP contribution in [0.25, 0.3) is 0 Å². The Hall–Kier alpha value is -1.50. The summed E-state index contributed by atoms with van der Waals surface area (Å²) >= 11 is 11.8. The van der Waals surface area contributed by atoms with Crippen LogP contribution in [0.5, 0.6) is 5.75 Å². The number of nitrogens with zero attached hydrogens (tertiary/aromatic N) is 1. The van der Waals surface area contributed by atoms with E-state index >= 15 is 0 Å². The summed E-state index contributed by atoms with van der Waals surface area (Å²) in [6, 6.07) is 6.18. The number of hydrogen-bond acceptors (Lipinski definition) is 4. The molecule has 2 aromatic rings. The molecule has 0 spiro atoms. The third-order valence-corrected chi connectivity index (χ3v) is 4.90. The molecule has 8 heteroatoms. The fourth-order valence-electron chi connectivity index (χ4n) is 1.69. The number of aromatic nitrogens is 1. The molecule has 0 unspecified atom stereocenters. The number of ether oxygens (including phenoxy) is 1. The number of benzene rings is 1. The fourth-order valence-corrected chi connectivity index (χ4v) is 3.39. The highest BCUT2D eigenvalue weighted by molar-refractivity contribution is 7.92.